The Balaban J connectivity index is 1.40. The standard InChI is InChI=1S/C23H18Cl2N2O6S/c24-15-3-6-17(18(25)12-15)22(30)33-16-4-1-14(2-5-16)11-19-21(29)27(23(31)34-19)13-20(28)26-7-9-32-10-8-26/h1-6,11-12H,7-10,13H2/b19-11-. The van der Waals surface area contributed by atoms with E-state index in [0.29, 0.717) is 36.9 Å². The number of rotatable bonds is 5. The summed E-state index contributed by atoms with van der Waals surface area (Å²) in [6.07, 6.45) is 1.55. The number of imide groups is 1. The molecule has 0 radical (unpaired) electrons. The number of benzene rings is 2. The lowest BCUT2D eigenvalue weighted by atomic mass is 10.2. The number of carbonyl (C=O) groups is 4. The summed E-state index contributed by atoms with van der Waals surface area (Å²) in [6.45, 7) is 1.44. The van der Waals surface area contributed by atoms with Crippen molar-refractivity contribution in [1.82, 2.24) is 9.80 Å². The van der Waals surface area contributed by atoms with Crippen molar-refractivity contribution in [3.63, 3.8) is 0 Å². The van der Waals surface area contributed by atoms with Crippen molar-refractivity contribution >= 4 is 64.1 Å². The lowest BCUT2D eigenvalue weighted by Crippen LogP contribution is -2.46. The molecule has 11 heteroatoms. The Hall–Kier alpha value is -2.85. The van der Waals surface area contributed by atoms with Gasteiger partial charge >= 0.3 is 5.97 Å². The first kappa shape index (κ1) is 24.3. The van der Waals surface area contributed by atoms with E-state index in [1.807, 2.05) is 0 Å². The lowest BCUT2D eigenvalue weighted by molar-refractivity contribution is -0.139. The number of hydrogen-bond acceptors (Lipinski definition) is 7. The van der Waals surface area contributed by atoms with Crippen LogP contribution < -0.4 is 4.74 Å². The number of nitrogens with zero attached hydrogens (tertiary/aromatic N) is 2. The van der Waals surface area contributed by atoms with E-state index >= 15 is 0 Å². The number of carbonyl (C=O) groups excluding carboxylic acids is 4. The zero-order valence-electron chi connectivity index (χ0n) is 17.7. The molecular weight excluding hydrogens is 503 g/mol. The van der Waals surface area contributed by atoms with Crippen molar-refractivity contribution in [2.75, 3.05) is 32.8 Å². The monoisotopic (exact) mass is 520 g/mol. The second-order valence-electron chi connectivity index (χ2n) is 7.34. The summed E-state index contributed by atoms with van der Waals surface area (Å²) in [5.74, 6) is -1.18. The third-order valence-corrected chi connectivity index (χ3v) is 6.53. The smallest absolute Gasteiger partial charge is 0.345 e. The second-order valence-corrected chi connectivity index (χ2v) is 9.18. The van der Waals surface area contributed by atoms with Gasteiger partial charge in [-0.05, 0) is 53.7 Å². The number of thioether (sulfide) groups is 1. The van der Waals surface area contributed by atoms with Gasteiger partial charge < -0.3 is 14.4 Å². The van der Waals surface area contributed by atoms with Crippen LogP contribution >= 0.6 is 35.0 Å². The van der Waals surface area contributed by atoms with Crippen LogP contribution in [0, 0.1) is 0 Å². The van der Waals surface area contributed by atoms with E-state index in [0.717, 1.165) is 16.7 Å². The average Bonchev–Trinajstić information content (AvgIpc) is 3.08. The molecule has 176 valence electrons. The Morgan fingerprint density at radius 1 is 1.06 bits per heavy atom. The van der Waals surface area contributed by atoms with Gasteiger partial charge in [0.25, 0.3) is 11.1 Å². The van der Waals surface area contributed by atoms with E-state index in [4.69, 9.17) is 32.7 Å². The topological polar surface area (TPSA) is 93.2 Å². The molecule has 3 amide bonds. The van der Waals surface area contributed by atoms with Crippen molar-refractivity contribution in [1.29, 1.82) is 0 Å². The molecule has 34 heavy (non-hydrogen) atoms. The van der Waals surface area contributed by atoms with E-state index in [9.17, 15) is 19.2 Å². The molecule has 2 aliphatic heterocycles. The molecule has 0 N–H and O–H groups in total. The SMILES string of the molecule is O=C(Oc1ccc(/C=C2\SC(=O)N(CC(=O)N3CCOCC3)C2=O)cc1)c1ccc(Cl)cc1Cl. The van der Waals surface area contributed by atoms with Gasteiger partial charge in [-0.3, -0.25) is 19.3 Å². The zero-order chi connectivity index (χ0) is 24.2. The minimum atomic E-state index is -0.638. The molecule has 0 unspecified atom stereocenters. The minimum Gasteiger partial charge on any atom is -0.423 e. The number of morpholine rings is 1. The van der Waals surface area contributed by atoms with Crippen LogP contribution in [0.15, 0.2) is 47.4 Å². The summed E-state index contributed by atoms with van der Waals surface area (Å²) in [5.41, 5.74) is 0.796. The molecule has 0 aromatic heterocycles. The molecule has 2 aromatic rings. The van der Waals surface area contributed by atoms with E-state index in [1.54, 1.807) is 35.2 Å². The highest BCUT2D eigenvalue weighted by molar-refractivity contribution is 8.18. The summed E-state index contributed by atoms with van der Waals surface area (Å²) < 4.78 is 10.5. The molecule has 0 atom stereocenters. The van der Waals surface area contributed by atoms with Gasteiger partial charge in [-0.25, -0.2) is 4.79 Å². The average molecular weight is 521 g/mol. The molecule has 2 fully saturated rings. The predicted molar refractivity (Wildman–Crippen MR) is 128 cm³/mol. The Morgan fingerprint density at radius 3 is 2.44 bits per heavy atom. The summed E-state index contributed by atoms with van der Waals surface area (Å²) >= 11 is 12.7. The minimum absolute atomic E-state index is 0.176. The van der Waals surface area contributed by atoms with Crippen LogP contribution in [0.25, 0.3) is 6.08 Å². The van der Waals surface area contributed by atoms with Gasteiger partial charge in [0.05, 0.1) is 28.7 Å². The van der Waals surface area contributed by atoms with Crippen LogP contribution in [0.2, 0.25) is 10.0 Å². The van der Waals surface area contributed by atoms with Crippen LogP contribution in [0.3, 0.4) is 0 Å². The van der Waals surface area contributed by atoms with Gasteiger partial charge in [-0.15, -0.1) is 0 Å². The van der Waals surface area contributed by atoms with Crippen molar-refractivity contribution in [2.45, 2.75) is 0 Å². The normalized spacial score (nSPS) is 17.4. The maximum atomic E-state index is 12.7. The Labute approximate surface area is 209 Å². The van der Waals surface area contributed by atoms with Gasteiger partial charge in [-0.2, -0.15) is 0 Å². The van der Waals surface area contributed by atoms with E-state index < -0.39 is 17.1 Å². The molecule has 0 bridgehead atoms. The van der Waals surface area contributed by atoms with Crippen LogP contribution in [0.4, 0.5) is 4.79 Å². The molecular formula is C23H18Cl2N2O6S. The summed E-state index contributed by atoms with van der Waals surface area (Å²) in [7, 11) is 0. The maximum Gasteiger partial charge on any atom is 0.345 e. The highest BCUT2D eigenvalue weighted by Crippen LogP contribution is 2.32. The molecule has 0 spiro atoms. The fraction of sp³-hybridized carbons (Fsp3) is 0.217. The number of esters is 1. The fourth-order valence-corrected chi connectivity index (χ4v) is 4.61. The van der Waals surface area contributed by atoms with Gasteiger partial charge in [0.2, 0.25) is 5.91 Å². The molecule has 4 rings (SSSR count). The molecule has 2 aliphatic rings. The first-order chi connectivity index (χ1) is 16.3. The number of hydrogen-bond donors (Lipinski definition) is 0. The number of halogens is 2. The largest absolute Gasteiger partial charge is 0.423 e. The Bertz CT molecular complexity index is 1180. The van der Waals surface area contributed by atoms with E-state index in [-0.39, 0.29) is 33.7 Å². The lowest BCUT2D eigenvalue weighted by Gasteiger charge is -2.28. The molecule has 0 aliphatic carbocycles. The molecule has 8 nitrogen and oxygen atoms in total. The highest BCUT2D eigenvalue weighted by Gasteiger charge is 2.37. The Kier molecular flexibility index (Phi) is 7.57. The van der Waals surface area contributed by atoms with Crippen molar-refractivity contribution in [2.24, 2.45) is 0 Å². The quantitative estimate of drug-likeness (QED) is 0.332. The fourth-order valence-electron chi connectivity index (χ4n) is 3.28. The van der Waals surface area contributed by atoms with Crippen LogP contribution in [-0.4, -0.2) is 65.7 Å². The first-order valence-corrected chi connectivity index (χ1v) is 11.8. The first-order valence-electron chi connectivity index (χ1n) is 10.2. The third kappa shape index (κ3) is 5.61. The van der Waals surface area contributed by atoms with Gasteiger partial charge in [0, 0.05) is 18.1 Å². The number of ether oxygens (including phenoxy) is 2. The van der Waals surface area contributed by atoms with Crippen molar-refractivity contribution in [3.8, 4) is 5.75 Å². The summed E-state index contributed by atoms with van der Waals surface area (Å²) in [6, 6.07) is 10.8. The second kappa shape index (κ2) is 10.6. The van der Waals surface area contributed by atoms with Gasteiger partial charge in [0.1, 0.15) is 12.3 Å². The molecule has 2 saturated heterocycles. The summed E-state index contributed by atoms with van der Waals surface area (Å²) in [4.78, 5) is 52.5. The maximum absolute atomic E-state index is 12.7. The Morgan fingerprint density at radius 2 is 1.76 bits per heavy atom. The third-order valence-electron chi connectivity index (χ3n) is 5.07. The highest BCUT2D eigenvalue weighted by atomic mass is 35.5. The number of amides is 3. The van der Waals surface area contributed by atoms with E-state index in [1.165, 1.54) is 18.2 Å². The van der Waals surface area contributed by atoms with Gasteiger partial charge in [0.15, 0.2) is 0 Å². The van der Waals surface area contributed by atoms with Gasteiger partial charge in [-0.1, -0.05) is 35.3 Å². The molecule has 0 saturated carbocycles. The predicted octanol–water partition coefficient (Wildman–Crippen LogP) is 4.11. The van der Waals surface area contributed by atoms with Crippen LogP contribution in [0.1, 0.15) is 15.9 Å². The molecule has 2 heterocycles. The van der Waals surface area contributed by atoms with E-state index in [2.05, 4.69) is 0 Å². The molecule has 2 aromatic carbocycles. The van der Waals surface area contributed by atoms with Crippen LogP contribution in [0.5, 0.6) is 5.75 Å². The van der Waals surface area contributed by atoms with Crippen LogP contribution in [-0.2, 0) is 14.3 Å². The van der Waals surface area contributed by atoms with Crippen molar-refractivity contribution < 1.29 is 28.7 Å². The van der Waals surface area contributed by atoms with Crippen molar-refractivity contribution in [3.05, 3.63) is 68.5 Å². The summed E-state index contributed by atoms with van der Waals surface area (Å²) in [5, 5.41) is 0.0842. The zero-order valence-corrected chi connectivity index (χ0v) is 20.0.